The largest absolute Gasteiger partial charge is 1.00 e. The van der Waals surface area contributed by atoms with E-state index in [9.17, 15) is 0 Å². The van der Waals surface area contributed by atoms with Gasteiger partial charge in [-0.25, -0.2) is 0 Å². The van der Waals surface area contributed by atoms with Gasteiger partial charge in [0.25, 0.3) is 0 Å². The summed E-state index contributed by atoms with van der Waals surface area (Å²) in [5.41, 5.74) is 12.2. The van der Waals surface area contributed by atoms with Crippen LogP contribution in [0.5, 0.6) is 0 Å². The van der Waals surface area contributed by atoms with E-state index >= 15 is 0 Å². The van der Waals surface area contributed by atoms with Crippen LogP contribution in [0.25, 0.3) is 22.3 Å². The van der Waals surface area contributed by atoms with Gasteiger partial charge >= 0.3 is 44.8 Å². The van der Waals surface area contributed by atoms with Crippen molar-refractivity contribution in [3.63, 3.8) is 0 Å². The van der Waals surface area contributed by atoms with Gasteiger partial charge in [-0.1, -0.05) is 146 Å². The van der Waals surface area contributed by atoms with Crippen LogP contribution in [0.2, 0.25) is 0 Å². The molecule has 0 radical (unpaired) electrons. The first-order chi connectivity index (χ1) is 28.2. The Morgan fingerprint density at radius 2 is 0.627 bits per heavy atom. The Hall–Kier alpha value is -4.78. The molecule has 292 valence electrons. The summed E-state index contributed by atoms with van der Waals surface area (Å²) < 4.78 is 0. The second-order valence-corrected chi connectivity index (χ2v) is 19.8. The fourth-order valence-corrected chi connectivity index (χ4v) is 15.8. The van der Waals surface area contributed by atoms with Crippen molar-refractivity contribution in [3.8, 4) is 34.1 Å². The van der Waals surface area contributed by atoms with Crippen molar-refractivity contribution in [2.45, 2.75) is 12.8 Å². The van der Waals surface area contributed by atoms with Crippen molar-refractivity contribution in [2.75, 3.05) is 5.90 Å². The molecule has 0 aliphatic heterocycles. The first-order valence-electron chi connectivity index (χ1n) is 19.4. The van der Waals surface area contributed by atoms with E-state index in [0.717, 1.165) is 24.0 Å². The summed E-state index contributed by atoms with van der Waals surface area (Å²) in [6.45, 7) is 0. The fourth-order valence-electron chi connectivity index (χ4n) is 8.02. The average molecular weight is 981 g/mol. The standard InChI is InChI=1S/C25H22P2.2C15H9.2Ag/c1-5-13-22(14-6-1)26(23-15-7-2-8-16-23)21-27(24-17-9-3-10-18-24)25-19-11-4-12-20-25;2*1-2-11-7-5-9-14-13-8-4-3-6-12(13)10-15(11)14;;/h1-20H,21H2;2*3-9H,10H2;;/q;2*-1;2*+1/p+2. The Balaban J connectivity index is 0.000000156. The van der Waals surface area contributed by atoms with Crippen molar-refractivity contribution >= 4 is 37.1 Å². The van der Waals surface area contributed by atoms with Gasteiger partial charge < -0.3 is 12.8 Å². The van der Waals surface area contributed by atoms with Crippen molar-refractivity contribution < 1.29 is 44.8 Å². The minimum atomic E-state index is -0.847. The third kappa shape index (κ3) is 10.2. The number of fused-ring (bicyclic) bond motifs is 6. The summed E-state index contributed by atoms with van der Waals surface area (Å²) in [5, 5.41) is 6.01. The predicted molar refractivity (Wildman–Crippen MR) is 248 cm³/mol. The molecule has 0 fully saturated rings. The van der Waals surface area contributed by atoms with Crippen molar-refractivity contribution in [3.05, 3.63) is 252 Å². The van der Waals surface area contributed by atoms with Crippen molar-refractivity contribution in [2.24, 2.45) is 0 Å². The van der Waals surface area contributed by atoms with Gasteiger partial charge in [0.15, 0.2) is 5.90 Å². The maximum Gasteiger partial charge on any atom is 1.00 e. The van der Waals surface area contributed by atoms with Crippen LogP contribution in [0, 0.1) is 24.7 Å². The summed E-state index contributed by atoms with van der Waals surface area (Å²) in [7, 11) is -1.69. The molecule has 0 saturated heterocycles. The summed E-state index contributed by atoms with van der Waals surface area (Å²) in [5.74, 6) is 6.27. The number of benzene rings is 8. The Kier molecular flexibility index (Phi) is 15.9. The molecule has 4 heteroatoms. The van der Waals surface area contributed by atoms with E-state index in [1.54, 1.807) is 0 Å². The van der Waals surface area contributed by atoms with E-state index in [1.165, 1.54) is 71.6 Å². The number of hydrogen-bond donors (Lipinski definition) is 0. The molecule has 0 amide bonds. The van der Waals surface area contributed by atoms with Crippen LogP contribution >= 0.6 is 15.8 Å². The SMILES string of the molecule is [Ag+].[Ag+].[C-]#Cc1cccc2c1Cc1ccccc1-2.[C-]#Cc1cccc2c1Cc1ccccc1-2.c1ccc([PH+](C[PH+](c2ccccc2)c2ccccc2)c2ccccc2)cc1. The molecule has 2 aliphatic carbocycles. The van der Waals surface area contributed by atoms with Gasteiger partial charge in [0.2, 0.25) is 0 Å². The van der Waals surface area contributed by atoms with Gasteiger partial charge in [0, 0.05) is 0 Å². The van der Waals surface area contributed by atoms with Gasteiger partial charge in [0.05, 0.1) is 0 Å². The molecular weight excluding hydrogens is 938 g/mol. The van der Waals surface area contributed by atoms with Gasteiger partial charge in [-0.3, -0.25) is 11.8 Å². The topological polar surface area (TPSA) is 0 Å². The Bertz CT molecular complexity index is 2420. The molecule has 2 aliphatic rings. The molecule has 0 aromatic heterocycles. The van der Waals surface area contributed by atoms with E-state index in [0.29, 0.717) is 0 Å². The van der Waals surface area contributed by atoms with Crippen LogP contribution < -0.4 is 21.2 Å². The smallest absolute Gasteiger partial charge is 0.366 e. The van der Waals surface area contributed by atoms with Crippen LogP contribution in [-0.4, -0.2) is 5.90 Å². The van der Waals surface area contributed by atoms with Crippen LogP contribution in [0.3, 0.4) is 0 Å². The molecule has 0 atom stereocenters. The predicted octanol–water partition coefficient (Wildman–Crippen LogP) is 11.1. The summed E-state index contributed by atoms with van der Waals surface area (Å²) >= 11 is 0. The molecule has 0 saturated carbocycles. The maximum absolute atomic E-state index is 7.27. The average Bonchev–Trinajstić information content (AvgIpc) is 3.87. The van der Waals surface area contributed by atoms with Gasteiger partial charge in [-0.2, -0.15) is 0 Å². The van der Waals surface area contributed by atoms with Gasteiger partial charge in [0.1, 0.15) is 37.1 Å². The zero-order valence-electron chi connectivity index (χ0n) is 32.4. The van der Waals surface area contributed by atoms with Crippen LogP contribution in [-0.2, 0) is 57.6 Å². The van der Waals surface area contributed by atoms with Crippen LogP contribution in [0.15, 0.2) is 206 Å². The molecule has 0 N–H and O–H groups in total. The number of rotatable bonds is 6. The molecule has 59 heavy (non-hydrogen) atoms. The summed E-state index contributed by atoms with van der Waals surface area (Å²) in [4.78, 5) is 0. The maximum atomic E-state index is 7.27. The molecule has 0 nitrogen and oxygen atoms in total. The van der Waals surface area contributed by atoms with E-state index in [4.69, 9.17) is 12.8 Å². The molecular formula is C55H42Ag2P2+2. The minimum Gasteiger partial charge on any atom is -0.366 e. The monoisotopic (exact) mass is 978 g/mol. The molecule has 0 unspecified atom stereocenters. The van der Waals surface area contributed by atoms with E-state index in [2.05, 4.69) is 194 Å². The second-order valence-electron chi connectivity index (χ2n) is 14.2. The minimum absolute atomic E-state index is 0. The molecule has 8 aromatic carbocycles. The zero-order valence-corrected chi connectivity index (χ0v) is 37.3. The third-order valence-corrected chi connectivity index (χ3v) is 17.8. The molecule has 8 aromatic rings. The number of hydrogen-bond acceptors (Lipinski definition) is 0. The Labute approximate surface area is 384 Å². The second kappa shape index (κ2) is 21.5. The van der Waals surface area contributed by atoms with Gasteiger partial charge in [-0.05, 0) is 94.8 Å². The first-order valence-corrected chi connectivity index (χ1v) is 22.8. The first kappa shape index (κ1) is 43.8. The van der Waals surface area contributed by atoms with Crippen molar-refractivity contribution in [1.82, 2.24) is 0 Å². The van der Waals surface area contributed by atoms with Crippen LogP contribution in [0.4, 0.5) is 0 Å². The van der Waals surface area contributed by atoms with E-state index in [1.807, 2.05) is 24.3 Å². The zero-order chi connectivity index (χ0) is 38.8. The Morgan fingerprint density at radius 3 is 0.949 bits per heavy atom. The molecule has 0 bridgehead atoms. The van der Waals surface area contributed by atoms with E-state index in [-0.39, 0.29) is 44.8 Å². The van der Waals surface area contributed by atoms with E-state index < -0.39 is 15.8 Å². The fraction of sp³-hybridized carbons (Fsp3) is 0.0545. The van der Waals surface area contributed by atoms with Crippen LogP contribution in [0.1, 0.15) is 33.4 Å². The summed E-state index contributed by atoms with van der Waals surface area (Å²) in [6.07, 6.45) is 16.4. The third-order valence-electron chi connectivity index (χ3n) is 10.8. The molecule has 10 rings (SSSR count). The molecule has 0 heterocycles. The Morgan fingerprint density at radius 1 is 0.339 bits per heavy atom. The quantitative estimate of drug-likeness (QED) is 0.0674. The van der Waals surface area contributed by atoms with Crippen molar-refractivity contribution in [1.29, 1.82) is 0 Å². The normalized spacial score (nSPS) is 11.0. The van der Waals surface area contributed by atoms with Gasteiger partial charge in [-0.15, -0.1) is 34.4 Å². The molecule has 0 spiro atoms. The summed E-state index contributed by atoms with van der Waals surface area (Å²) in [6, 6.07) is 73.5.